The molecular formula is C20H31ClN2O3. The van der Waals surface area contributed by atoms with Crippen LogP contribution in [-0.2, 0) is 11.3 Å². The lowest BCUT2D eigenvalue weighted by Crippen LogP contribution is -2.55. The smallest absolute Gasteiger partial charge is 0.193 e. The Morgan fingerprint density at radius 1 is 1.12 bits per heavy atom. The molecule has 1 aromatic heterocycles. The largest absolute Gasteiger partial charge is 0.448 e. The molecule has 3 fully saturated rings. The van der Waals surface area contributed by atoms with Crippen molar-refractivity contribution in [1.82, 2.24) is 9.80 Å². The fourth-order valence-corrected chi connectivity index (χ4v) is 5.44. The van der Waals surface area contributed by atoms with Gasteiger partial charge in [0.1, 0.15) is 5.76 Å². The third-order valence-corrected chi connectivity index (χ3v) is 7.20. The van der Waals surface area contributed by atoms with Gasteiger partial charge in [0, 0.05) is 38.3 Å². The Hall–Kier alpha value is -0.590. The number of rotatable bonds is 4. The van der Waals surface area contributed by atoms with Crippen LogP contribution in [0.15, 0.2) is 16.5 Å². The summed E-state index contributed by atoms with van der Waals surface area (Å²) in [6.45, 7) is 7.27. The van der Waals surface area contributed by atoms with E-state index in [-0.39, 0.29) is 6.61 Å². The van der Waals surface area contributed by atoms with E-state index in [1.54, 1.807) is 6.07 Å². The topological polar surface area (TPSA) is 49.1 Å². The van der Waals surface area contributed by atoms with E-state index in [1.807, 2.05) is 6.07 Å². The number of piperidine rings is 2. The van der Waals surface area contributed by atoms with Gasteiger partial charge in [-0.25, -0.2) is 0 Å². The first kappa shape index (κ1) is 18.8. The van der Waals surface area contributed by atoms with Crippen LogP contribution in [0, 0.1) is 11.3 Å². The Labute approximate surface area is 161 Å². The number of ether oxygens (including phenoxy) is 1. The first-order valence-corrected chi connectivity index (χ1v) is 10.5. The predicted molar refractivity (Wildman–Crippen MR) is 101 cm³/mol. The van der Waals surface area contributed by atoms with Gasteiger partial charge in [0.15, 0.2) is 5.22 Å². The third kappa shape index (κ3) is 3.97. The lowest BCUT2D eigenvalue weighted by Gasteiger charge is -2.52. The van der Waals surface area contributed by atoms with Crippen LogP contribution in [0.3, 0.4) is 0 Å². The molecule has 4 heterocycles. The summed E-state index contributed by atoms with van der Waals surface area (Å²) in [6.07, 6.45) is 5.96. The minimum atomic E-state index is 0.284. The van der Waals surface area contributed by atoms with Crippen LogP contribution in [0.1, 0.15) is 37.9 Å². The molecule has 1 aromatic rings. The molecule has 0 radical (unpaired) electrons. The summed E-state index contributed by atoms with van der Waals surface area (Å²) >= 11 is 5.89. The lowest BCUT2D eigenvalue weighted by molar-refractivity contribution is -0.0609. The van der Waals surface area contributed by atoms with Gasteiger partial charge in [-0.05, 0) is 80.9 Å². The molecule has 0 amide bonds. The summed E-state index contributed by atoms with van der Waals surface area (Å²) in [5.74, 6) is 1.27. The van der Waals surface area contributed by atoms with E-state index < -0.39 is 0 Å². The number of hydrogen-bond acceptors (Lipinski definition) is 5. The molecule has 26 heavy (non-hydrogen) atoms. The summed E-state index contributed by atoms with van der Waals surface area (Å²) in [7, 11) is 0. The predicted octanol–water partition coefficient (Wildman–Crippen LogP) is 3.01. The number of aliphatic hydroxyl groups excluding tert-OH is 1. The van der Waals surface area contributed by atoms with Gasteiger partial charge in [-0.1, -0.05) is 0 Å². The van der Waals surface area contributed by atoms with Crippen LogP contribution >= 0.6 is 11.6 Å². The van der Waals surface area contributed by atoms with Crippen molar-refractivity contribution in [2.75, 3.05) is 46.0 Å². The van der Waals surface area contributed by atoms with Gasteiger partial charge in [0.05, 0.1) is 6.54 Å². The molecule has 1 spiro atoms. The number of aliphatic hydroxyl groups is 1. The van der Waals surface area contributed by atoms with E-state index in [0.717, 1.165) is 38.6 Å². The maximum atomic E-state index is 10.1. The van der Waals surface area contributed by atoms with Crippen LogP contribution in [0.2, 0.25) is 5.22 Å². The minimum absolute atomic E-state index is 0.284. The molecule has 6 heteroatoms. The molecule has 3 aliphatic rings. The normalized spacial score (nSPS) is 28.6. The highest BCUT2D eigenvalue weighted by atomic mass is 35.5. The van der Waals surface area contributed by atoms with Crippen molar-refractivity contribution in [3.8, 4) is 0 Å². The molecule has 5 nitrogen and oxygen atoms in total. The molecule has 1 N–H and O–H groups in total. The number of hydrogen-bond donors (Lipinski definition) is 1. The first-order valence-electron chi connectivity index (χ1n) is 10.1. The van der Waals surface area contributed by atoms with Crippen molar-refractivity contribution in [3.05, 3.63) is 23.1 Å². The van der Waals surface area contributed by atoms with Gasteiger partial charge in [0.2, 0.25) is 0 Å². The van der Waals surface area contributed by atoms with E-state index in [0.29, 0.717) is 22.6 Å². The summed E-state index contributed by atoms with van der Waals surface area (Å²) in [5, 5.41) is 10.6. The van der Waals surface area contributed by atoms with Crippen LogP contribution in [-0.4, -0.2) is 66.9 Å². The first-order chi connectivity index (χ1) is 12.7. The summed E-state index contributed by atoms with van der Waals surface area (Å²) < 4.78 is 11.0. The molecule has 3 saturated heterocycles. The molecule has 146 valence electrons. The minimum Gasteiger partial charge on any atom is -0.448 e. The molecule has 0 bridgehead atoms. The second-order valence-corrected chi connectivity index (χ2v) is 8.68. The number of likely N-dealkylation sites (tertiary alicyclic amines) is 2. The monoisotopic (exact) mass is 382 g/mol. The van der Waals surface area contributed by atoms with Crippen LogP contribution in [0.5, 0.6) is 0 Å². The van der Waals surface area contributed by atoms with E-state index >= 15 is 0 Å². The van der Waals surface area contributed by atoms with Gasteiger partial charge in [-0.2, -0.15) is 0 Å². The Balaban J connectivity index is 1.34. The maximum absolute atomic E-state index is 10.1. The van der Waals surface area contributed by atoms with Gasteiger partial charge in [-0.15, -0.1) is 0 Å². The molecule has 0 saturated carbocycles. The number of halogens is 1. The second-order valence-electron chi connectivity index (χ2n) is 8.31. The maximum Gasteiger partial charge on any atom is 0.193 e. The van der Waals surface area contributed by atoms with Gasteiger partial charge >= 0.3 is 0 Å². The van der Waals surface area contributed by atoms with E-state index in [2.05, 4.69) is 9.80 Å². The quantitative estimate of drug-likeness (QED) is 0.867. The van der Waals surface area contributed by atoms with Crippen LogP contribution < -0.4 is 0 Å². The van der Waals surface area contributed by atoms with Crippen molar-refractivity contribution in [1.29, 1.82) is 0 Å². The fourth-order valence-electron chi connectivity index (χ4n) is 5.28. The van der Waals surface area contributed by atoms with Gasteiger partial charge < -0.3 is 19.2 Å². The fraction of sp³-hybridized carbons (Fsp3) is 0.800. The Morgan fingerprint density at radius 2 is 1.85 bits per heavy atom. The average molecular weight is 383 g/mol. The van der Waals surface area contributed by atoms with Crippen LogP contribution in [0.4, 0.5) is 0 Å². The second kappa shape index (κ2) is 8.19. The van der Waals surface area contributed by atoms with E-state index in [4.69, 9.17) is 20.8 Å². The van der Waals surface area contributed by atoms with E-state index in [1.165, 1.54) is 45.2 Å². The zero-order valence-electron chi connectivity index (χ0n) is 15.5. The highest BCUT2D eigenvalue weighted by molar-refractivity contribution is 6.28. The SMILES string of the molecule is OC[C@H]1CN(Cc2ccc(Cl)o2)CCC12CCN(C1CCOCC1)CC2. The number of furan rings is 1. The molecule has 4 rings (SSSR count). The highest BCUT2D eigenvalue weighted by Crippen LogP contribution is 2.46. The Bertz CT molecular complexity index is 579. The van der Waals surface area contributed by atoms with Crippen LogP contribution in [0.25, 0.3) is 0 Å². The van der Waals surface area contributed by atoms with Crippen molar-refractivity contribution in [3.63, 3.8) is 0 Å². The van der Waals surface area contributed by atoms with Gasteiger partial charge in [0.25, 0.3) is 0 Å². The molecule has 0 aliphatic carbocycles. The standard InChI is InChI=1S/C20H31ClN2O3/c21-19-2-1-18(26-19)14-22-8-5-20(16(13-22)15-24)6-9-23(10-7-20)17-3-11-25-12-4-17/h1-2,16-17,24H,3-15H2/t16-/m1/s1. The molecule has 0 aromatic carbocycles. The molecule has 0 unspecified atom stereocenters. The zero-order chi connectivity index (χ0) is 18.0. The van der Waals surface area contributed by atoms with E-state index in [9.17, 15) is 5.11 Å². The zero-order valence-corrected chi connectivity index (χ0v) is 16.3. The Morgan fingerprint density at radius 3 is 2.50 bits per heavy atom. The molecule has 3 aliphatic heterocycles. The Kier molecular flexibility index (Phi) is 5.91. The van der Waals surface area contributed by atoms with Crippen molar-refractivity contribution >= 4 is 11.6 Å². The van der Waals surface area contributed by atoms with Gasteiger partial charge in [-0.3, -0.25) is 4.90 Å². The molecule has 1 atom stereocenters. The lowest BCUT2D eigenvalue weighted by atomic mass is 9.64. The third-order valence-electron chi connectivity index (χ3n) is 7.00. The van der Waals surface area contributed by atoms with Crippen molar-refractivity contribution in [2.45, 2.75) is 44.7 Å². The summed E-state index contributed by atoms with van der Waals surface area (Å²) in [6, 6.07) is 4.46. The highest BCUT2D eigenvalue weighted by Gasteiger charge is 2.45. The van der Waals surface area contributed by atoms with Crippen molar-refractivity contribution < 1.29 is 14.3 Å². The summed E-state index contributed by atoms with van der Waals surface area (Å²) in [4.78, 5) is 5.09. The molecular weight excluding hydrogens is 352 g/mol. The number of nitrogens with zero attached hydrogens (tertiary/aromatic N) is 2. The average Bonchev–Trinajstić information content (AvgIpc) is 3.09. The van der Waals surface area contributed by atoms with Crippen molar-refractivity contribution in [2.24, 2.45) is 11.3 Å². The summed E-state index contributed by atoms with van der Waals surface area (Å²) in [5.41, 5.74) is 0.313.